The minimum Gasteiger partial charge on any atom is -0.340 e. The second kappa shape index (κ2) is 17.6. The molecule has 0 aliphatic carbocycles. The standard InChI is InChI=1S/C49H54N8O3/c1-33(58)55-27-28-57(49(60)46(54(4)5)39-15-10-7-11-16-39)44(32-55)41-29-40(30-50-41)36-20-18-34(19-21-36)35-22-24-37(25-23-35)42-31-51-47(52-42)43-17-12-26-56(43)48(59)45(53(2)3)38-13-8-6-9-14-38/h6-11,13-16,18-25,30-31,43-46H,12,17,26-29,32H2,1-5H3,(H,51,52)/t43?,44?,45-,46-/m1/s1. The number of likely N-dealkylation sites (tertiary alicyclic amines) is 1. The number of aliphatic imine (C=N–C) groups is 1. The molecule has 1 N–H and O–H groups in total. The Morgan fingerprint density at radius 2 is 1.20 bits per heavy atom. The number of allylic oxidation sites excluding steroid dienone is 1. The van der Waals surface area contributed by atoms with Crippen molar-refractivity contribution < 1.29 is 14.4 Å². The highest BCUT2D eigenvalue weighted by molar-refractivity contribution is 6.04. The number of amides is 3. The van der Waals surface area contributed by atoms with Gasteiger partial charge in [0.05, 0.1) is 24.0 Å². The van der Waals surface area contributed by atoms with Crippen LogP contribution in [-0.4, -0.2) is 118 Å². The summed E-state index contributed by atoms with van der Waals surface area (Å²) in [6.07, 6.45) is 6.20. The highest BCUT2D eigenvalue weighted by atomic mass is 16.2. The molecule has 3 aliphatic heterocycles. The molecule has 0 radical (unpaired) electrons. The van der Waals surface area contributed by atoms with Gasteiger partial charge in [0, 0.05) is 51.4 Å². The molecule has 5 aromatic rings. The summed E-state index contributed by atoms with van der Waals surface area (Å²) in [6.45, 7) is 3.68. The van der Waals surface area contributed by atoms with E-state index in [0.717, 1.165) is 69.0 Å². The summed E-state index contributed by atoms with van der Waals surface area (Å²) >= 11 is 0. The quantitative estimate of drug-likeness (QED) is 0.151. The van der Waals surface area contributed by atoms with Gasteiger partial charge in [0.2, 0.25) is 17.7 Å². The monoisotopic (exact) mass is 802 g/mol. The lowest BCUT2D eigenvalue weighted by Gasteiger charge is -2.43. The first-order valence-corrected chi connectivity index (χ1v) is 20.9. The van der Waals surface area contributed by atoms with Crippen LogP contribution in [0.1, 0.15) is 66.8 Å². The van der Waals surface area contributed by atoms with E-state index in [2.05, 4.69) is 53.5 Å². The maximum Gasteiger partial charge on any atom is 0.245 e. The molecule has 8 rings (SSSR count). The summed E-state index contributed by atoms with van der Waals surface area (Å²) in [7, 11) is 7.77. The summed E-state index contributed by atoms with van der Waals surface area (Å²) in [5.74, 6) is 0.938. The number of carbonyl (C=O) groups is 3. The Bertz CT molecular complexity index is 2370. The van der Waals surface area contributed by atoms with Crippen LogP contribution in [0.5, 0.6) is 0 Å². The molecule has 4 aromatic carbocycles. The van der Waals surface area contributed by atoms with Gasteiger partial charge in [0.1, 0.15) is 17.9 Å². The zero-order valence-corrected chi connectivity index (χ0v) is 35.2. The number of likely N-dealkylation sites (N-methyl/N-ethyl adjacent to an activating group) is 2. The fourth-order valence-corrected chi connectivity index (χ4v) is 9.04. The number of hydrogen-bond donors (Lipinski definition) is 1. The summed E-state index contributed by atoms with van der Waals surface area (Å²) < 4.78 is 0. The van der Waals surface area contributed by atoms with Crippen molar-refractivity contribution in [3.8, 4) is 22.4 Å². The topological polar surface area (TPSA) is 108 Å². The van der Waals surface area contributed by atoms with Gasteiger partial charge < -0.3 is 19.7 Å². The molecular formula is C49H54N8O3. The number of aromatic nitrogens is 2. The molecule has 11 nitrogen and oxygen atoms in total. The van der Waals surface area contributed by atoms with E-state index in [0.29, 0.717) is 32.6 Å². The Balaban J connectivity index is 0.927. The molecule has 1 aromatic heterocycles. The number of rotatable bonds is 11. The Kier molecular flexibility index (Phi) is 11.9. The number of benzene rings is 4. The molecule has 4 atom stereocenters. The van der Waals surface area contributed by atoms with Crippen molar-refractivity contribution in [3.05, 3.63) is 144 Å². The van der Waals surface area contributed by atoms with Gasteiger partial charge in [-0.1, -0.05) is 109 Å². The van der Waals surface area contributed by atoms with Crippen molar-refractivity contribution in [2.75, 3.05) is 54.4 Å². The molecule has 4 heterocycles. The van der Waals surface area contributed by atoms with Crippen LogP contribution in [0.15, 0.2) is 127 Å². The Morgan fingerprint density at radius 3 is 1.75 bits per heavy atom. The van der Waals surface area contributed by atoms with Gasteiger partial charge in [-0.25, -0.2) is 4.98 Å². The number of nitrogens with one attached hydrogen (secondary N) is 1. The summed E-state index contributed by atoms with van der Waals surface area (Å²) in [6, 6.07) is 35.6. The third-order valence-corrected chi connectivity index (χ3v) is 12.2. The van der Waals surface area contributed by atoms with Crippen molar-refractivity contribution in [3.63, 3.8) is 0 Å². The predicted molar refractivity (Wildman–Crippen MR) is 237 cm³/mol. The molecule has 0 bridgehead atoms. The number of H-pyrrole nitrogens is 1. The number of aromatic amines is 1. The van der Waals surface area contributed by atoms with Crippen molar-refractivity contribution in [1.29, 1.82) is 0 Å². The average molecular weight is 803 g/mol. The molecule has 60 heavy (non-hydrogen) atoms. The molecule has 0 saturated carbocycles. The van der Waals surface area contributed by atoms with Gasteiger partial charge in [-0.2, -0.15) is 0 Å². The molecule has 2 fully saturated rings. The minimum atomic E-state index is -0.438. The zero-order chi connectivity index (χ0) is 41.9. The van der Waals surface area contributed by atoms with E-state index in [-0.39, 0.29) is 35.8 Å². The number of hydrogen-bond acceptors (Lipinski definition) is 7. The Labute approximate surface area is 353 Å². The van der Waals surface area contributed by atoms with Gasteiger partial charge in [0.15, 0.2) is 0 Å². The third-order valence-electron chi connectivity index (χ3n) is 12.2. The van der Waals surface area contributed by atoms with E-state index in [4.69, 9.17) is 9.98 Å². The van der Waals surface area contributed by atoms with Crippen LogP contribution in [-0.2, 0) is 14.4 Å². The van der Waals surface area contributed by atoms with Crippen LogP contribution in [0.3, 0.4) is 0 Å². The molecule has 2 saturated heterocycles. The molecule has 2 unspecified atom stereocenters. The highest BCUT2D eigenvalue weighted by Crippen LogP contribution is 2.36. The lowest BCUT2D eigenvalue weighted by Crippen LogP contribution is -2.60. The van der Waals surface area contributed by atoms with Crippen molar-refractivity contribution >= 4 is 29.0 Å². The van der Waals surface area contributed by atoms with Crippen LogP contribution in [0.2, 0.25) is 0 Å². The van der Waals surface area contributed by atoms with Crippen molar-refractivity contribution in [2.24, 2.45) is 4.99 Å². The Morgan fingerprint density at radius 1 is 0.667 bits per heavy atom. The molecule has 11 heteroatoms. The number of carbonyl (C=O) groups excluding carboxylic acids is 3. The first-order chi connectivity index (χ1) is 29.1. The zero-order valence-electron chi connectivity index (χ0n) is 35.2. The summed E-state index contributed by atoms with van der Waals surface area (Å²) in [4.78, 5) is 63.6. The van der Waals surface area contributed by atoms with Crippen LogP contribution < -0.4 is 0 Å². The summed E-state index contributed by atoms with van der Waals surface area (Å²) in [5.41, 5.74) is 9.13. The third kappa shape index (κ3) is 8.32. The van der Waals surface area contributed by atoms with Crippen molar-refractivity contribution in [2.45, 2.75) is 50.4 Å². The normalized spacial score (nSPS) is 19.1. The van der Waals surface area contributed by atoms with Gasteiger partial charge in [-0.05, 0) is 80.0 Å². The van der Waals surface area contributed by atoms with Crippen molar-refractivity contribution in [1.82, 2.24) is 34.5 Å². The second-order valence-corrected chi connectivity index (χ2v) is 16.5. The molecular weight excluding hydrogens is 749 g/mol. The molecule has 3 aliphatic rings. The molecule has 0 spiro atoms. The SMILES string of the molecule is CC(=O)N1CCN(C(=O)[C@@H](c2ccccc2)N(C)C)C(C2=NC=C(c3ccc(-c4ccc(-c5cnc(C6CCCN6C(=O)[C@@H](c6ccccc6)N(C)C)[nH]5)cc4)cc3)C2)C1. The summed E-state index contributed by atoms with van der Waals surface area (Å²) in [5, 5.41) is 0. The second-order valence-electron chi connectivity index (χ2n) is 16.5. The fraction of sp³-hybridized carbons (Fsp3) is 0.327. The number of nitrogens with zero attached hydrogens (tertiary/aromatic N) is 7. The van der Waals surface area contributed by atoms with E-state index in [1.54, 1.807) is 6.92 Å². The largest absolute Gasteiger partial charge is 0.340 e. The van der Waals surface area contributed by atoms with Gasteiger partial charge in [-0.15, -0.1) is 0 Å². The minimum absolute atomic E-state index is 0.00531. The number of piperazine rings is 1. The first-order valence-electron chi connectivity index (χ1n) is 20.9. The van der Waals surface area contributed by atoms with E-state index in [9.17, 15) is 14.4 Å². The highest BCUT2D eigenvalue weighted by Gasteiger charge is 2.40. The van der Waals surface area contributed by atoms with Crippen LogP contribution in [0.25, 0.3) is 28.0 Å². The van der Waals surface area contributed by atoms with Gasteiger partial charge >= 0.3 is 0 Å². The van der Waals surface area contributed by atoms with Gasteiger partial charge in [0.25, 0.3) is 0 Å². The molecule has 3 amide bonds. The fourth-order valence-electron chi connectivity index (χ4n) is 9.04. The molecule has 308 valence electrons. The predicted octanol–water partition coefficient (Wildman–Crippen LogP) is 7.26. The lowest BCUT2D eigenvalue weighted by molar-refractivity contribution is -0.143. The maximum absolute atomic E-state index is 14.3. The average Bonchev–Trinajstić information content (AvgIpc) is 4.07. The van der Waals surface area contributed by atoms with Crippen LogP contribution >= 0.6 is 0 Å². The van der Waals surface area contributed by atoms with E-state index >= 15 is 0 Å². The number of imidazole rings is 1. The Hall–Kier alpha value is -6.17. The van der Waals surface area contributed by atoms with Crippen LogP contribution in [0.4, 0.5) is 0 Å². The maximum atomic E-state index is 14.3. The van der Waals surface area contributed by atoms with E-state index in [1.165, 1.54) is 0 Å². The smallest absolute Gasteiger partial charge is 0.245 e. The van der Waals surface area contributed by atoms with E-state index in [1.807, 2.05) is 126 Å². The van der Waals surface area contributed by atoms with E-state index < -0.39 is 6.04 Å². The van der Waals surface area contributed by atoms with Gasteiger partial charge in [-0.3, -0.25) is 29.2 Å². The lowest BCUT2D eigenvalue weighted by atomic mass is 9.94. The first kappa shape index (κ1) is 40.6. The van der Waals surface area contributed by atoms with Crippen LogP contribution in [0, 0.1) is 0 Å².